The van der Waals surface area contributed by atoms with Crippen LogP contribution in [0.4, 0.5) is 0 Å². The standard InChI is InChI=1S/C37H40B2O4/c1-33(2)34(3,4)41-38(40-33)27-21-17-25(18-22-27)37(31-15-11-9-13-29(31)30-14-10-12-16-32(30)37)26-19-23-28(24-20-26)39-42-35(5,6)36(7,8)43-39/h9-24H,1-8H3. The highest BCUT2D eigenvalue weighted by Crippen LogP contribution is 2.55. The van der Waals surface area contributed by atoms with Crippen LogP contribution in [0.1, 0.15) is 77.6 Å². The number of benzene rings is 4. The van der Waals surface area contributed by atoms with E-state index in [1.807, 2.05) is 0 Å². The molecule has 218 valence electrons. The van der Waals surface area contributed by atoms with Gasteiger partial charge in [-0.15, -0.1) is 0 Å². The van der Waals surface area contributed by atoms with Crippen LogP contribution < -0.4 is 10.9 Å². The molecule has 0 amide bonds. The first kappa shape index (κ1) is 28.6. The largest absolute Gasteiger partial charge is 0.494 e. The van der Waals surface area contributed by atoms with E-state index >= 15 is 0 Å². The molecule has 3 aliphatic rings. The van der Waals surface area contributed by atoms with E-state index in [1.165, 1.54) is 33.4 Å². The third kappa shape index (κ3) is 4.14. The molecule has 0 unspecified atom stereocenters. The van der Waals surface area contributed by atoms with Crippen LogP contribution in [0.2, 0.25) is 0 Å². The van der Waals surface area contributed by atoms with Gasteiger partial charge in [-0.3, -0.25) is 0 Å². The number of hydrogen-bond acceptors (Lipinski definition) is 4. The fourth-order valence-electron chi connectivity index (χ4n) is 6.76. The molecule has 4 nitrogen and oxygen atoms in total. The van der Waals surface area contributed by atoms with Crippen molar-refractivity contribution in [3.63, 3.8) is 0 Å². The molecule has 0 aromatic heterocycles. The van der Waals surface area contributed by atoms with Gasteiger partial charge in [-0.05, 0) is 99.7 Å². The third-order valence-electron chi connectivity index (χ3n) is 10.7. The van der Waals surface area contributed by atoms with E-state index in [4.69, 9.17) is 18.6 Å². The summed E-state index contributed by atoms with van der Waals surface area (Å²) < 4.78 is 25.5. The lowest BCUT2D eigenvalue weighted by molar-refractivity contribution is 0.00578. The first-order chi connectivity index (χ1) is 20.3. The van der Waals surface area contributed by atoms with Gasteiger partial charge in [0.15, 0.2) is 0 Å². The van der Waals surface area contributed by atoms with Gasteiger partial charge in [-0.1, -0.05) is 97.1 Å². The molecule has 0 saturated carbocycles. The van der Waals surface area contributed by atoms with Crippen molar-refractivity contribution in [2.24, 2.45) is 0 Å². The molecule has 0 radical (unpaired) electrons. The molecule has 2 aliphatic heterocycles. The molecule has 0 N–H and O–H groups in total. The molecule has 2 heterocycles. The highest BCUT2D eigenvalue weighted by molar-refractivity contribution is 6.62. The van der Waals surface area contributed by atoms with Crippen LogP contribution in [0.25, 0.3) is 11.1 Å². The molecule has 2 saturated heterocycles. The van der Waals surface area contributed by atoms with Crippen LogP contribution in [0.3, 0.4) is 0 Å². The summed E-state index contributed by atoms with van der Waals surface area (Å²) in [5, 5.41) is 0. The topological polar surface area (TPSA) is 36.9 Å². The fourth-order valence-corrected chi connectivity index (χ4v) is 6.76. The molecular formula is C37H40B2O4. The van der Waals surface area contributed by atoms with Crippen LogP contribution in [-0.2, 0) is 24.0 Å². The molecule has 4 aromatic rings. The monoisotopic (exact) mass is 570 g/mol. The number of hydrogen-bond donors (Lipinski definition) is 0. The van der Waals surface area contributed by atoms with E-state index in [0.717, 1.165) is 10.9 Å². The predicted molar refractivity (Wildman–Crippen MR) is 175 cm³/mol. The summed E-state index contributed by atoms with van der Waals surface area (Å²) in [5.74, 6) is 0. The van der Waals surface area contributed by atoms with E-state index in [9.17, 15) is 0 Å². The second kappa shape index (κ2) is 9.42. The van der Waals surface area contributed by atoms with Crippen molar-refractivity contribution >= 4 is 25.2 Å². The van der Waals surface area contributed by atoms with Crippen molar-refractivity contribution in [2.45, 2.75) is 83.2 Å². The van der Waals surface area contributed by atoms with Gasteiger partial charge >= 0.3 is 14.2 Å². The van der Waals surface area contributed by atoms with Crippen molar-refractivity contribution in [3.05, 3.63) is 119 Å². The highest BCUT2D eigenvalue weighted by Gasteiger charge is 2.53. The van der Waals surface area contributed by atoms with Crippen LogP contribution in [0.15, 0.2) is 97.1 Å². The zero-order valence-corrected chi connectivity index (χ0v) is 26.5. The molecule has 0 bridgehead atoms. The van der Waals surface area contributed by atoms with Crippen LogP contribution in [0, 0.1) is 0 Å². The highest BCUT2D eigenvalue weighted by atomic mass is 16.7. The van der Waals surface area contributed by atoms with Gasteiger partial charge in [0.2, 0.25) is 0 Å². The maximum atomic E-state index is 6.38. The smallest absolute Gasteiger partial charge is 0.399 e. The zero-order chi connectivity index (χ0) is 30.4. The molecule has 43 heavy (non-hydrogen) atoms. The molecular weight excluding hydrogens is 530 g/mol. The minimum Gasteiger partial charge on any atom is -0.399 e. The Kier molecular flexibility index (Phi) is 6.27. The van der Waals surface area contributed by atoms with Crippen molar-refractivity contribution < 1.29 is 18.6 Å². The Morgan fingerprint density at radius 3 is 1.02 bits per heavy atom. The Labute approximate surface area is 257 Å². The quantitative estimate of drug-likeness (QED) is 0.227. The van der Waals surface area contributed by atoms with Gasteiger partial charge < -0.3 is 18.6 Å². The summed E-state index contributed by atoms with van der Waals surface area (Å²) in [6.07, 6.45) is 0. The van der Waals surface area contributed by atoms with E-state index in [2.05, 4.69) is 152 Å². The van der Waals surface area contributed by atoms with Crippen molar-refractivity contribution in [3.8, 4) is 11.1 Å². The molecule has 4 aromatic carbocycles. The van der Waals surface area contributed by atoms with Crippen LogP contribution in [0.5, 0.6) is 0 Å². The lowest BCUT2D eigenvalue weighted by Gasteiger charge is -2.34. The van der Waals surface area contributed by atoms with Gasteiger partial charge in [0, 0.05) is 0 Å². The van der Waals surface area contributed by atoms with Crippen molar-refractivity contribution in [1.29, 1.82) is 0 Å². The normalized spacial score (nSPS) is 22.0. The van der Waals surface area contributed by atoms with Crippen LogP contribution >= 0.6 is 0 Å². The molecule has 7 rings (SSSR count). The Morgan fingerprint density at radius 2 is 0.698 bits per heavy atom. The Hall–Kier alpha value is -3.15. The summed E-state index contributed by atoms with van der Waals surface area (Å²) in [6, 6.07) is 35.3. The van der Waals surface area contributed by atoms with Gasteiger partial charge in [0.05, 0.1) is 27.8 Å². The maximum Gasteiger partial charge on any atom is 0.494 e. The molecule has 1 aliphatic carbocycles. The summed E-state index contributed by atoms with van der Waals surface area (Å²) in [5.41, 5.74) is 7.50. The second-order valence-corrected chi connectivity index (χ2v) is 14.3. The summed E-state index contributed by atoms with van der Waals surface area (Å²) >= 11 is 0. The van der Waals surface area contributed by atoms with E-state index < -0.39 is 19.7 Å². The van der Waals surface area contributed by atoms with Gasteiger partial charge in [0.1, 0.15) is 0 Å². The van der Waals surface area contributed by atoms with E-state index in [0.29, 0.717) is 0 Å². The first-order valence-electron chi connectivity index (χ1n) is 15.4. The molecule has 0 atom stereocenters. The minimum absolute atomic E-state index is 0.389. The minimum atomic E-state index is -0.490. The Bertz CT molecular complexity index is 1530. The van der Waals surface area contributed by atoms with Gasteiger partial charge in [0.25, 0.3) is 0 Å². The lowest BCUT2D eigenvalue weighted by Crippen LogP contribution is -2.41. The van der Waals surface area contributed by atoms with Gasteiger partial charge in [-0.2, -0.15) is 0 Å². The molecule has 2 fully saturated rings. The zero-order valence-electron chi connectivity index (χ0n) is 26.5. The summed E-state index contributed by atoms with van der Waals surface area (Å²) in [4.78, 5) is 0. The van der Waals surface area contributed by atoms with Crippen molar-refractivity contribution in [2.75, 3.05) is 0 Å². The average molecular weight is 570 g/mol. The Morgan fingerprint density at radius 1 is 0.395 bits per heavy atom. The molecule has 0 spiro atoms. The van der Waals surface area contributed by atoms with Gasteiger partial charge in [-0.25, -0.2) is 0 Å². The Balaban J connectivity index is 1.35. The first-order valence-corrected chi connectivity index (χ1v) is 15.4. The second-order valence-electron chi connectivity index (χ2n) is 14.3. The summed E-state index contributed by atoms with van der Waals surface area (Å²) in [7, 11) is -0.810. The number of rotatable bonds is 4. The van der Waals surface area contributed by atoms with Crippen LogP contribution in [-0.4, -0.2) is 36.6 Å². The number of fused-ring (bicyclic) bond motifs is 3. The average Bonchev–Trinajstić information content (AvgIpc) is 3.48. The SMILES string of the molecule is CC1(C)OB(c2ccc(C3(c4ccc(B5OC(C)(C)C(C)(C)O5)cc4)c4ccccc4-c4ccccc43)cc2)OC1(C)C. The molecule has 6 heteroatoms. The lowest BCUT2D eigenvalue weighted by atomic mass is 9.66. The maximum absolute atomic E-state index is 6.38. The fraction of sp³-hybridized carbons (Fsp3) is 0.351. The third-order valence-corrected chi connectivity index (χ3v) is 10.7. The summed E-state index contributed by atoms with van der Waals surface area (Å²) in [6.45, 7) is 16.7. The predicted octanol–water partition coefficient (Wildman–Crippen LogP) is 6.65. The van der Waals surface area contributed by atoms with E-state index in [-0.39, 0.29) is 22.4 Å². The van der Waals surface area contributed by atoms with Crippen molar-refractivity contribution in [1.82, 2.24) is 0 Å². The van der Waals surface area contributed by atoms with E-state index in [1.54, 1.807) is 0 Å².